The van der Waals surface area contributed by atoms with E-state index in [-0.39, 0.29) is 12.1 Å². The summed E-state index contributed by atoms with van der Waals surface area (Å²) in [6.45, 7) is 5.12. The highest BCUT2D eigenvalue weighted by molar-refractivity contribution is 5.99. The molecule has 33 heavy (non-hydrogen) atoms. The van der Waals surface area contributed by atoms with E-state index in [9.17, 15) is 9.59 Å². The van der Waals surface area contributed by atoms with Gasteiger partial charge in [0.15, 0.2) is 0 Å². The van der Waals surface area contributed by atoms with Crippen LogP contribution in [0.15, 0.2) is 79.1 Å². The number of carbonyl (C=O) groups is 2. The SMILES string of the molecule is CCN(CC)C(=O)Nc1cc(Nc2ccc3c(ccn3C(=O)Nc3ccccc3)c2)ccn1. The lowest BCUT2D eigenvalue weighted by Gasteiger charge is -2.19. The number of nitrogens with zero attached hydrogens (tertiary/aromatic N) is 3. The Bertz CT molecular complexity index is 1260. The second-order valence-electron chi connectivity index (χ2n) is 7.41. The average Bonchev–Trinajstić information content (AvgIpc) is 3.24. The molecule has 2 aromatic carbocycles. The van der Waals surface area contributed by atoms with Crippen LogP contribution in [-0.4, -0.2) is 39.6 Å². The normalized spacial score (nSPS) is 10.6. The first kappa shape index (κ1) is 21.9. The molecule has 0 aliphatic heterocycles. The van der Waals surface area contributed by atoms with E-state index in [4.69, 9.17) is 0 Å². The number of fused-ring (bicyclic) bond motifs is 1. The first-order valence-corrected chi connectivity index (χ1v) is 10.8. The molecule has 0 unspecified atom stereocenters. The number of anilines is 4. The number of amides is 3. The first-order chi connectivity index (χ1) is 16.1. The van der Waals surface area contributed by atoms with Gasteiger partial charge in [-0.1, -0.05) is 18.2 Å². The highest BCUT2D eigenvalue weighted by Gasteiger charge is 2.12. The van der Waals surface area contributed by atoms with E-state index in [0.717, 1.165) is 28.0 Å². The molecule has 0 spiro atoms. The Morgan fingerprint density at radius 3 is 2.39 bits per heavy atom. The number of benzene rings is 2. The fourth-order valence-corrected chi connectivity index (χ4v) is 3.55. The van der Waals surface area contributed by atoms with Gasteiger partial charge in [-0.2, -0.15) is 0 Å². The summed E-state index contributed by atoms with van der Waals surface area (Å²) < 4.78 is 1.58. The fourth-order valence-electron chi connectivity index (χ4n) is 3.55. The molecule has 3 N–H and O–H groups in total. The second-order valence-corrected chi connectivity index (χ2v) is 7.41. The van der Waals surface area contributed by atoms with Gasteiger partial charge < -0.3 is 15.5 Å². The van der Waals surface area contributed by atoms with E-state index in [2.05, 4.69) is 20.9 Å². The fraction of sp³-hybridized carbons (Fsp3) is 0.160. The van der Waals surface area contributed by atoms with Crippen molar-refractivity contribution in [3.63, 3.8) is 0 Å². The summed E-state index contributed by atoms with van der Waals surface area (Å²) in [6, 6.07) is 20.2. The molecule has 2 aromatic heterocycles. The van der Waals surface area contributed by atoms with Crippen molar-refractivity contribution >= 4 is 45.8 Å². The summed E-state index contributed by atoms with van der Waals surface area (Å²) in [5.41, 5.74) is 3.19. The van der Waals surface area contributed by atoms with Crippen LogP contribution in [0.4, 0.5) is 32.5 Å². The van der Waals surface area contributed by atoms with E-state index < -0.39 is 0 Å². The molecular formula is C25H26N6O2. The number of aromatic nitrogens is 2. The summed E-state index contributed by atoms with van der Waals surface area (Å²) >= 11 is 0. The minimum atomic E-state index is -0.223. The van der Waals surface area contributed by atoms with Crippen LogP contribution in [0.2, 0.25) is 0 Å². The lowest BCUT2D eigenvalue weighted by atomic mass is 10.2. The van der Waals surface area contributed by atoms with Gasteiger partial charge in [0.25, 0.3) is 0 Å². The number of carbonyl (C=O) groups excluding carboxylic acids is 2. The molecule has 8 heteroatoms. The van der Waals surface area contributed by atoms with Crippen molar-refractivity contribution in [2.24, 2.45) is 0 Å². The topological polar surface area (TPSA) is 91.3 Å². The smallest absolute Gasteiger partial charge is 0.330 e. The third kappa shape index (κ3) is 5.12. The molecule has 0 saturated carbocycles. The molecule has 0 bridgehead atoms. The third-order valence-corrected chi connectivity index (χ3v) is 5.27. The monoisotopic (exact) mass is 442 g/mol. The number of hydrogen-bond acceptors (Lipinski definition) is 4. The van der Waals surface area contributed by atoms with Gasteiger partial charge in [-0.25, -0.2) is 14.6 Å². The molecule has 0 fully saturated rings. The minimum Gasteiger partial charge on any atom is -0.355 e. The van der Waals surface area contributed by atoms with Crippen molar-refractivity contribution in [3.8, 4) is 0 Å². The van der Waals surface area contributed by atoms with Gasteiger partial charge in [-0.15, -0.1) is 0 Å². The minimum absolute atomic E-state index is 0.179. The zero-order valence-electron chi connectivity index (χ0n) is 18.6. The Hall–Kier alpha value is -4.33. The van der Waals surface area contributed by atoms with Gasteiger partial charge in [-0.05, 0) is 56.3 Å². The van der Waals surface area contributed by atoms with Gasteiger partial charge in [0.2, 0.25) is 0 Å². The van der Waals surface area contributed by atoms with E-state index in [1.165, 1.54) is 0 Å². The lowest BCUT2D eigenvalue weighted by Crippen LogP contribution is -2.34. The first-order valence-electron chi connectivity index (χ1n) is 10.8. The van der Waals surface area contributed by atoms with Crippen LogP contribution in [0, 0.1) is 0 Å². The van der Waals surface area contributed by atoms with E-state index >= 15 is 0 Å². The number of nitrogens with one attached hydrogen (secondary N) is 3. The molecule has 3 amide bonds. The van der Waals surface area contributed by atoms with Crippen LogP contribution < -0.4 is 16.0 Å². The number of urea groups is 1. The second kappa shape index (κ2) is 9.86. The Morgan fingerprint density at radius 2 is 1.64 bits per heavy atom. The quantitative estimate of drug-likeness (QED) is 0.355. The number of hydrogen-bond donors (Lipinski definition) is 3. The molecule has 4 rings (SSSR count). The Kier molecular flexibility index (Phi) is 6.54. The lowest BCUT2D eigenvalue weighted by molar-refractivity contribution is 0.217. The summed E-state index contributed by atoms with van der Waals surface area (Å²) in [5, 5.41) is 9.97. The molecule has 2 heterocycles. The molecule has 168 valence electrons. The van der Waals surface area contributed by atoms with Crippen molar-refractivity contribution in [1.29, 1.82) is 0 Å². The maximum absolute atomic E-state index is 12.7. The van der Waals surface area contributed by atoms with Crippen LogP contribution in [-0.2, 0) is 0 Å². The zero-order valence-corrected chi connectivity index (χ0v) is 18.6. The molecule has 0 aliphatic rings. The van der Waals surface area contributed by atoms with Crippen LogP contribution in [0.3, 0.4) is 0 Å². The predicted molar refractivity (Wildman–Crippen MR) is 132 cm³/mol. The van der Waals surface area contributed by atoms with Gasteiger partial charge in [-0.3, -0.25) is 9.88 Å². The maximum atomic E-state index is 12.7. The summed E-state index contributed by atoms with van der Waals surface area (Å²) in [7, 11) is 0. The van der Waals surface area contributed by atoms with Crippen LogP contribution >= 0.6 is 0 Å². The molecule has 0 saturated heterocycles. The number of rotatable bonds is 6. The molecular weight excluding hydrogens is 416 g/mol. The van der Waals surface area contributed by atoms with Crippen molar-refractivity contribution < 1.29 is 9.59 Å². The van der Waals surface area contributed by atoms with Crippen LogP contribution in [0.5, 0.6) is 0 Å². The molecule has 4 aromatic rings. The number of para-hydroxylation sites is 1. The summed E-state index contributed by atoms with van der Waals surface area (Å²) in [6.07, 6.45) is 3.39. The standard InChI is InChI=1S/C25H26N6O2/c1-3-30(4-2)24(32)29-23-17-21(12-14-26-23)27-20-10-11-22-18(16-20)13-15-31(22)25(33)28-19-8-6-5-7-9-19/h5-17H,3-4H2,1-2H3,(H,28,33)(H2,26,27,29,32). The Labute approximate surface area is 192 Å². The molecule has 8 nitrogen and oxygen atoms in total. The van der Waals surface area contributed by atoms with Gasteiger partial charge in [0.05, 0.1) is 5.52 Å². The number of pyridine rings is 1. The van der Waals surface area contributed by atoms with Crippen molar-refractivity contribution in [3.05, 3.63) is 79.1 Å². The van der Waals surface area contributed by atoms with Gasteiger partial charge >= 0.3 is 12.1 Å². The Balaban J connectivity index is 1.48. The summed E-state index contributed by atoms with van der Waals surface area (Å²) in [5.74, 6) is 0.474. The van der Waals surface area contributed by atoms with Gasteiger partial charge in [0, 0.05) is 54.0 Å². The average molecular weight is 443 g/mol. The summed E-state index contributed by atoms with van der Waals surface area (Å²) in [4.78, 5) is 30.9. The Morgan fingerprint density at radius 1 is 0.879 bits per heavy atom. The molecule has 0 radical (unpaired) electrons. The van der Waals surface area contributed by atoms with Gasteiger partial charge in [0.1, 0.15) is 5.82 Å². The highest BCUT2D eigenvalue weighted by Crippen LogP contribution is 2.24. The van der Waals surface area contributed by atoms with E-state index in [0.29, 0.717) is 18.9 Å². The highest BCUT2D eigenvalue weighted by atomic mass is 16.2. The zero-order chi connectivity index (χ0) is 23.2. The van der Waals surface area contributed by atoms with Crippen LogP contribution in [0.25, 0.3) is 10.9 Å². The van der Waals surface area contributed by atoms with Crippen molar-refractivity contribution in [2.75, 3.05) is 29.0 Å². The molecule has 0 aliphatic carbocycles. The van der Waals surface area contributed by atoms with Crippen LogP contribution in [0.1, 0.15) is 13.8 Å². The third-order valence-electron chi connectivity index (χ3n) is 5.27. The van der Waals surface area contributed by atoms with E-state index in [1.54, 1.807) is 27.9 Å². The van der Waals surface area contributed by atoms with E-state index in [1.807, 2.05) is 74.5 Å². The van der Waals surface area contributed by atoms with Crippen molar-refractivity contribution in [1.82, 2.24) is 14.5 Å². The predicted octanol–water partition coefficient (Wildman–Crippen LogP) is 5.73. The maximum Gasteiger partial charge on any atom is 0.330 e. The van der Waals surface area contributed by atoms with Crippen molar-refractivity contribution in [2.45, 2.75) is 13.8 Å². The largest absolute Gasteiger partial charge is 0.355 e. The molecule has 0 atom stereocenters.